The molecule has 0 saturated carbocycles. The third-order valence-corrected chi connectivity index (χ3v) is 3.45. The molecule has 20 heavy (non-hydrogen) atoms. The van der Waals surface area contributed by atoms with Gasteiger partial charge in [-0.1, -0.05) is 17.9 Å². The molecule has 0 aliphatic rings. The number of ether oxygens (including phenoxy) is 2. The molecular formula is C16H17NO2S. The number of thiophene rings is 1. The van der Waals surface area contributed by atoms with Gasteiger partial charge in [0.1, 0.15) is 18.1 Å². The summed E-state index contributed by atoms with van der Waals surface area (Å²) in [7, 11) is 0. The Morgan fingerprint density at radius 1 is 1.15 bits per heavy atom. The summed E-state index contributed by atoms with van der Waals surface area (Å²) in [6.07, 6.45) is 0. The van der Waals surface area contributed by atoms with Crippen LogP contribution in [0.25, 0.3) is 0 Å². The minimum absolute atomic E-state index is 0.383. The summed E-state index contributed by atoms with van der Waals surface area (Å²) in [6.45, 7) is 3.53. The van der Waals surface area contributed by atoms with Crippen molar-refractivity contribution in [2.45, 2.75) is 13.5 Å². The van der Waals surface area contributed by atoms with Crippen LogP contribution in [0.4, 0.5) is 0 Å². The lowest BCUT2D eigenvalue weighted by Crippen LogP contribution is -1.95. The van der Waals surface area contributed by atoms with Crippen LogP contribution < -0.4 is 15.2 Å². The summed E-state index contributed by atoms with van der Waals surface area (Å²) in [4.78, 5) is 2.14. The Labute approximate surface area is 123 Å². The second kappa shape index (κ2) is 7.59. The summed E-state index contributed by atoms with van der Waals surface area (Å²) in [5, 5.41) is 0. The maximum atomic E-state index is 5.75. The van der Waals surface area contributed by atoms with E-state index >= 15 is 0 Å². The first-order chi connectivity index (χ1) is 9.81. The fourth-order valence-corrected chi connectivity index (χ4v) is 2.43. The van der Waals surface area contributed by atoms with E-state index in [1.54, 1.807) is 11.3 Å². The maximum Gasteiger partial charge on any atom is 0.123 e. The van der Waals surface area contributed by atoms with Crippen molar-refractivity contribution in [3.05, 3.63) is 46.2 Å². The highest BCUT2D eigenvalue weighted by atomic mass is 32.1. The lowest BCUT2D eigenvalue weighted by molar-refractivity contribution is 0.302. The number of benzene rings is 1. The zero-order valence-corrected chi connectivity index (χ0v) is 12.2. The van der Waals surface area contributed by atoms with Crippen LogP contribution in [0.3, 0.4) is 0 Å². The van der Waals surface area contributed by atoms with E-state index in [0.29, 0.717) is 19.8 Å². The average molecular weight is 287 g/mol. The molecule has 4 heteroatoms. The van der Waals surface area contributed by atoms with Crippen LogP contribution in [-0.2, 0) is 6.61 Å². The Morgan fingerprint density at radius 3 is 2.70 bits per heavy atom. The van der Waals surface area contributed by atoms with E-state index in [4.69, 9.17) is 15.2 Å². The van der Waals surface area contributed by atoms with E-state index in [1.807, 2.05) is 43.3 Å². The predicted molar refractivity (Wildman–Crippen MR) is 82.2 cm³/mol. The maximum absolute atomic E-state index is 5.75. The van der Waals surface area contributed by atoms with Crippen molar-refractivity contribution in [2.24, 2.45) is 5.73 Å². The quantitative estimate of drug-likeness (QED) is 0.860. The van der Waals surface area contributed by atoms with Crippen LogP contribution in [0.5, 0.6) is 11.5 Å². The zero-order valence-electron chi connectivity index (χ0n) is 11.4. The van der Waals surface area contributed by atoms with Gasteiger partial charge in [0.05, 0.1) is 18.0 Å². The molecule has 0 bridgehead atoms. The normalized spacial score (nSPS) is 9.70. The van der Waals surface area contributed by atoms with Gasteiger partial charge < -0.3 is 15.2 Å². The number of hydrogen-bond acceptors (Lipinski definition) is 4. The van der Waals surface area contributed by atoms with Crippen molar-refractivity contribution in [1.29, 1.82) is 0 Å². The lowest BCUT2D eigenvalue weighted by Gasteiger charge is -2.07. The highest BCUT2D eigenvalue weighted by Crippen LogP contribution is 2.22. The largest absolute Gasteiger partial charge is 0.494 e. The predicted octanol–water partition coefficient (Wildman–Crippen LogP) is 3.04. The first-order valence-corrected chi connectivity index (χ1v) is 7.26. The molecule has 1 aromatic heterocycles. The van der Waals surface area contributed by atoms with Crippen molar-refractivity contribution in [3.8, 4) is 23.3 Å². The van der Waals surface area contributed by atoms with Crippen LogP contribution in [0.1, 0.15) is 16.7 Å². The molecule has 2 rings (SSSR count). The smallest absolute Gasteiger partial charge is 0.123 e. The molecule has 0 unspecified atom stereocenters. The molecule has 2 aromatic rings. The monoisotopic (exact) mass is 287 g/mol. The topological polar surface area (TPSA) is 44.5 Å². The van der Waals surface area contributed by atoms with Crippen LogP contribution in [0.2, 0.25) is 0 Å². The van der Waals surface area contributed by atoms with Gasteiger partial charge in [0.2, 0.25) is 0 Å². The molecule has 1 aromatic carbocycles. The molecule has 2 N–H and O–H groups in total. The van der Waals surface area contributed by atoms with Gasteiger partial charge in [0, 0.05) is 10.9 Å². The SMILES string of the molecule is CCOc1cccc(OCc2ccc(C#CCN)s2)c1. The van der Waals surface area contributed by atoms with Gasteiger partial charge in [0.15, 0.2) is 0 Å². The van der Waals surface area contributed by atoms with E-state index in [-0.39, 0.29) is 0 Å². The van der Waals surface area contributed by atoms with E-state index < -0.39 is 0 Å². The average Bonchev–Trinajstić information content (AvgIpc) is 2.92. The second-order valence-corrected chi connectivity index (χ2v) is 5.14. The summed E-state index contributed by atoms with van der Waals surface area (Å²) < 4.78 is 11.2. The van der Waals surface area contributed by atoms with E-state index in [0.717, 1.165) is 21.3 Å². The van der Waals surface area contributed by atoms with Crippen LogP contribution in [0.15, 0.2) is 36.4 Å². The van der Waals surface area contributed by atoms with Crippen molar-refractivity contribution >= 4 is 11.3 Å². The third kappa shape index (κ3) is 4.30. The Morgan fingerprint density at radius 2 is 1.95 bits per heavy atom. The number of nitrogens with two attached hydrogens (primary N) is 1. The van der Waals surface area contributed by atoms with Crippen molar-refractivity contribution in [3.63, 3.8) is 0 Å². The molecule has 0 amide bonds. The molecule has 0 atom stereocenters. The minimum Gasteiger partial charge on any atom is -0.494 e. The Kier molecular flexibility index (Phi) is 5.48. The molecule has 0 aliphatic carbocycles. The first-order valence-electron chi connectivity index (χ1n) is 6.45. The highest BCUT2D eigenvalue weighted by molar-refractivity contribution is 7.12. The van der Waals surface area contributed by atoms with Crippen molar-refractivity contribution < 1.29 is 9.47 Å². The Balaban J connectivity index is 1.94. The molecule has 1 heterocycles. The molecule has 0 aliphatic heterocycles. The summed E-state index contributed by atoms with van der Waals surface area (Å²) in [5.41, 5.74) is 5.35. The standard InChI is InChI=1S/C16H17NO2S/c1-2-18-13-5-3-6-14(11-13)19-12-16-9-8-15(20-16)7-4-10-17/h3,5-6,8-9,11H,2,10,12,17H2,1H3. The van der Waals surface area contributed by atoms with Gasteiger partial charge in [-0.2, -0.15) is 0 Å². The summed E-state index contributed by atoms with van der Waals surface area (Å²) in [6, 6.07) is 11.7. The summed E-state index contributed by atoms with van der Waals surface area (Å²) >= 11 is 1.62. The van der Waals surface area contributed by atoms with E-state index in [1.165, 1.54) is 0 Å². The minimum atomic E-state index is 0.383. The van der Waals surface area contributed by atoms with E-state index in [2.05, 4.69) is 11.8 Å². The number of hydrogen-bond donors (Lipinski definition) is 1. The highest BCUT2D eigenvalue weighted by Gasteiger charge is 2.01. The molecule has 0 fully saturated rings. The van der Waals surface area contributed by atoms with Gasteiger partial charge in [-0.05, 0) is 31.2 Å². The molecule has 0 spiro atoms. The molecule has 0 radical (unpaired) electrons. The van der Waals surface area contributed by atoms with E-state index in [9.17, 15) is 0 Å². The fraction of sp³-hybridized carbons (Fsp3) is 0.250. The zero-order chi connectivity index (χ0) is 14.2. The van der Waals surface area contributed by atoms with Crippen LogP contribution in [-0.4, -0.2) is 13.2 Å². The van der Waals surface area contributed by atoms with Gasteiger partial charge in [-0.15, -0.1) is 11.3 Å². The third-order valence-electron chi connectivity index (χ3n) is 2.47. The van der Waals surface area contributed by atoms with Crippen molar-refractivity contribution in [2.75, 3.05) is 13.2 Å². The molecule has 0 saturated heterocycles. The first kappa shape index (κ1) is 14.4. The molecule has 3 nitrogen and oxygen atoms in total. The molecule has 104 valence electrons. The lowest BCUT2D eigenvalue weighted by atomic mass is 10.3. The summed E-state index contributed by atoms with van der Waals surface area (Å²) in [5.74, 6) is 7.49. The second-order valence-electron chi connectivity index (χ2n) is 3.97. The molecular weight excluding hydrogens is 270 g/mol. The van der Waals surface area contributed by atoms with Crippen LogP contribution in [0, 0.1) is 11.8 Å². The van der Waals surface area contributed by atoms with Gasteiger partial charge in [0.25, 0.3) is 0 Å². The Hall–Kier alpha value is -1.96. The van der Waals surface area contributed by atoms with Gasteiger partial charge >= 0.3 is 0 Å². The van der Waals surface area contributed by atoms with Crippen LogP contribution >= 0.6 is 11.3 Å². The number of rotatable bonds is 5. The Bertz CT molecular complexity index is 610. The van der Waals surface area contributed by atoms with Gasteiger partial charge in [-0.3, -0.25) is 0 Å². The van der Waals surface area contributed by atoms with Gasteiger partial charge in [-0.25, -0.2) is 0 Å². The van der Waals surface area contributed by atoms with Crippen molar-refractivity contribution in [1.82, 2.24) is 0 Å². The fourth-order valence-electron chi connectivity index (χ4n) is 1.64.